The van der Waals surface area contributed by atoms with Gasteiger partial charge in [0, 0.05) is 12.6 Å². The molecule has 0 radical (unpaired) electrons. The highest BCUT2D eigenvalue weighted by Gasteiger charge is 2.15. The van der Waals surface area contributed by atoms with Crippen molar-refractivity contribution in [1.29, 1.82) is 0 Å². The van der Waals surface area contributed by atoms with Gasteiger partial charge in [-0.15, -0.1) is 0 Å². The van der Waals surface area contributed by atoms with Crippen LogP contribution < -0.4 is 11.1 Å². The Morgan fingerprint density at radius 2 is 2.09 bits per heavy atom. The first kappa shape index (κ1) is 18.5. The molecule has 7 heteroatoms. The van der Waals surface area contributed by atoms with E-state index in [0.29, 0.717) is 24.1 Å². The van der Waals surface area contributed by atoms with Crippen LogP contribution in [-0.4, -0.2) is 23.2 Å². The van der Waals surface area contributed by atoms with Gasteiger partial charge in [-0.2, -0.15) is 0 Å². The molecule has 0 aromatic heterocycles. The zero-order chi connectivity index (χ0) is 17.6. The molecule has 1 rings (SSSR count). The number of hydrogen-bond acceptors (Lipinski definition) is 5. The Labute approximate surface area is 135 Å². The maximum Gasteiger partial charge on any atom is 0.407 e. The molecule has 0 aliphatic heterocycles. The Morgan fingerprint density at radius 1 is 1.43 bits per heavy atom. The maximum atomic E-state index is 11.4. The molecule has 1 aromatic carbocycles. The lowest BCUT2D eigenvalue weighted by molar-refractivity contribution is -0.383. The number of nitro benzene ring substituents is 1. The van der Waals surface area contributed by atoms with E-state index >= 15 is 0 Å². The van der Waals surface area contributed by atoms with Gasteiger partial charge < -0.3 is 15.8 Å². The number of ether oxygens (including phenoxy) is 1. The standard InChI is InChI=1S/C16H23N3O4/c1-11-9-12(10-13(14(11)17)19(21)22)7-5-6-8-18-15(20)23-16(2,3)4/h5,7,9-10H,6,8,17H2,1-4H3,(H,18,20). The number of nitrogens with two attached hydrogens (primary N) is 1. The highest BCUT2D eigenvalue weighted by atomic mass is 16.6. The van der Waals surface area contributed by atoms with Crippen LogP contribution in [0.1, 0.15) is 38.3 Å². The van der Waals surface area contributed by atoms with E-state index in [1.807, 2.05) is 6.08 Å². The second kappa shape index (κ2) is 7.62. The molecule has 7 nitrogen and oxygen atoms in total. The number of anilines is 1. The van der Waals surface area contributed by atoms with Crippen molar-refractivity contribution in [3.05, 3.63) is 39.4 Å². The van der Waals surface area contributed by atoms with Gasteiger partial charge in [-0.3, -0.25) is 10.1 Å². The molecule has 0 aliphatic carbocycles. The zero-order valence-corrected chi connectivity index (χ0v) is 13.9. The van der Waals surface area contributed by atoms with Crippen LogP contribution in [0.25, 0.3) is 6.08 Å². The smallest absolute Gasteiger partial charge is 0.407 e. The second-order valence-electron chi connectivity index (χ2n) is 6.15. The van der Waals surface area contributed by atoms with E-state index in [9.17, 15) is 14.9 Å². The Bertz CT molecular complexity index is 618. The number of rotatable bonds is 5. The minimum atomic E-state index is -0.527. The van der Waals surface area contributed by atoms with Gasteiger partial charge in [-0.1, -0.05) is 12.2 Å². The van der Waals surface area contributed by atoms with Gasteiger partial charge in [-0.25, -0.2) is 4.79 Å². The molecule has 0 bridgehead atoms. The van der Waals surface area contributed by atoms with Gasteiger partial charge in [0.1, 0.15) is 11.3 Å². The SMILES string of the molecule is Cc1cc(C=CCCNC(=O)OC(C)(C)C)cc([N+](=O)[O-])c1N. The van der Waals surface area contributed by atoms with Gasteiger partial charge in [0.05, 0.1) is 4.92 Å². The summed E-state index contributed by atoms with van der Waals surface area (Å²) in [5.41, 5.74) is 6.59. The molecule has 0 atom stereocenters. The highest BCUT2D eigenvalue weighted by Crippen LogP contribution is 2.27. The fourth-order valence-corrected chi connectivity index (χ4v) is 1.85. The highest BCUT2D eigenvalue weighted by molar-refractivity contribution is 5.69. The number of nitrogens with zero attached hydrogens (tertiary/aromatic N) is 1. The first-order valence-electron chi connectivity index (χ1n) is 7.28. The average Bonchev–Trinajstić information content (AvgIpc) is 2.39. The monoisotopic (exact) mass is 321 g/mol. The van der Waals surface area contributed by atoms with Crippen LogP contribution in [0, 0.1) is 17.0 Å². The van der Waals surface area contributed by atoms with Crippen LogP contribution in [0.3, 0.4) is 0 Å². The van der Waals surface area contributed by atoms with E-state index in [1.165, 1.54) is 6.07 Å². The van der Waals surface area contributed by atoms with E-state index in [-0.39, 0.29) is 11.4 Å². The van der Waals surface area contributed by atoms with E-state index in [2.05, 4.69) is 5.32 Å². The first-order chi connectivity index (χ1) is 10.6. The van der Waals surface area contributed by atoms with Crippen molar-refractivity contribution in [2.24, 2.45) is 0 Å². The molecule has 0 saturated carbocycles. The Balaban J connectivity index is 2.56. The summed E-state index contributed by atoms with van der Waals surface area (Å²) in [6.07, 6.45) is 3.70. The fraction of sp³-hybridized carbons (Fsp3) is 0.438. The summed E-state index contributed by atoms with van der Waals surface area (Å²) in [4.78, 5) is 21.9. The van der Waals surface area contributed by atoms with E-state index < -0.39 is 16.6 Å². The predicted octanol–water partition coefficient (Wildman–Crippen LogP) is 3.41. The molecule has 3 N–H and O–H groups in total. The summed E-state index contributed by atoms with van der Waals surface area (Å²) in [7, 11) is 0. The van der Waals surface area contributed by atoms with E-state index in [4.69, 9.17) is 10.5 Å². The number of aryl methyl sites for hydroxylation is 1. The molecule has 126 valence electrons. The van der Waals surface area contributed by atoms with Crippen molar-refractivity contribution < 1.29 is 14.5 Å². The summed E-state index contributed by atoms with van der Waals surface area (Å²) >= 11 is 0. The Kier molecular flexibility index (Phi) is 6.12. The number of amides is 1. The first-order valence-corrected chi connectivity index (χ1v) is 7.28. The molecule has 0 heterocycles. The summed E-state index contributed by atoms with van der Waals surface area (Å²) < 4.78 is 5.11. The lowest BCUT2D eigenvalue weighted by Gasteiger charge is -2.19. The predicted molar refractivity (Wildman–Crippen MR) is 90.1 cm³/mol. The number of benzene rings is 1. The Morgan fingerprint density at radius 3 is 2.65 bits per heavy atom. The van der Waals surface area contributed by atoms with E-state index in [0.717, 1.165) is 0 Å². The largest absolute Gasteiger partial charge is 0.444 e. The van der Waals surface area contributed by atoms with Gasteiger partial charge in [0.2, 0.25) is 0 Å². The van der Waals surface area contributed by atoms with Crippen LogP contribution in [0.15, 0.2) is 18.2 Å². The fourth-order valence-electron chi connectivity index (χ4n) is 1.85. The van der Waals surface area contributed by atoms with Gasteiger partial charge in [0.15, 0.2) is 0 Å². The molecule has 0 unspecified atom stereocenters. The molecular weight excluding hydrogens is 298 g/mol. The Hall–Kier alpha value is -2.57. The topological polar surface area (TPSA) is 107 Å². The normalized spacial score (nSPS) is 11.5. The number of nitrogens with one attached hydrogen (secondary N) is 1. The number of nitrogen functional groups attached to an aromatic ring is 1. The molecule has 1 amide bonds. The van der Waals surface area contributed by atoms with Gasteiger partial charge >= 0.3 is 6.09 Å². The number of alkyl carbamates (subject to hydrolysis) is 1. The van der Waals surface area contributed by atoms with Crippen LogP contribution >= 0.6 is 0 Å². The van der Waals surface area contributed by atoms with Crippen molar-refractivity contribution in [3.8, 4) is 0 Å². The number of carbonyl (C=O) groups excluding carboxylic acids is 1. The lowest BCUT2D eigenvalue weighted by Crippen LogP contribution is -2.32. The molecule has 0 saturated heterocycles. The number of carbonyl (C=O) groups is 1. The van der Waals surface area contributed by atoms with Crippen molar-refractivity contribution in [1.82, 2.24) is 5.32 Å². The summed E-state index contributed by atoms with van der Waals surface area (Å²) in [6, 6.07) is 3.21. The van der Waals surface area contributed by atoms with Gasteiger partial charge in [-0.05, 0) is 51.3 Å². The van der Waals surface area contributed by atoms with Crippen molar-refractivity contribution in [2.75, 3.05) is 12.3 Å². The minimum absolute atomic E-state index is 0.100. The van der Waals surface area contributed by atoms with Crippen molar-refractivity contribution in [2.45, 2.75) is 39.7 Å². The third kappa shape index (κ3) is 6.37. The molecule has 0 spiro atoms. The van der Waals surface area contributed by atoms with E-state index in [1.54, 1.807) is 39.8 Å². The molecule has 0 fully saturated rings. The van der Waals surface area contributed by atoms with Crippen molar-refractivity contribution >= 4 is 23.5 Å². The third-order valence-corrected chi connectivity index (χ3v) is 2.87. The third-order valence-electron chi connectivity index (χ3n) is 2.87. The zero-order valence-electron chi connectivity index (χ0n) is 13.9. The van der Waals surface area contributed by atoms with Crippen molar-refractivity contribution in [3.63, 3.8) is 0 Å². The van der Waals surface area contributed by atoms with Crippen LogP contribution in [0.4, 0.5) is 16.2 Å². The molecule has 23 heavy (non-hydrogen) atoms. The average molecular weight is 321 g/mol. The second-order valence-corrected chi connectivity index (χ2v) is 6.15. The van der Waals surface area contributed by atoms with Crippen LogP contribution in [0.5, 0.6) is 0 Å². The maximum absolute atomic E-state index is 11.4. The summed E-state index contributed by atoms with van der Waals surface area (Å²) in [5.74, 6) is 0. The van der Waals surface area contributed by atoms with Crippen LogP contribution in [-0.2, 0) is 4.74 Å². The minimum Gasteiger partial charge on any atom is -0.444 e. The molecule has 1 aromatic rings. The van der Waals surface area contributed by atoms with Crippen LogP contribution in [0.2, 0.25) is 0 Å². The lowest BCUT2D eigenvalue weighted by atomic mass is 10.1. The number of nitro groups is 1. The molecule has 0 aliphatic rings. The molecular formula is C16H23N3O4. The summed E-state index contributed by atoms with van der Waals surface area (Å²) in [5, 5.41) is 13.6. The number of hydrogen-bond donors (Lipinski definition) is 2. The quantitative estimate of drug-likeness (QED) is 0.374. The van der Waals surface area contributed by atoms with Gasteiger partial charge in [0.25, 0.3) is 5.69 Å². The summed E-state index contributed by atoms with van der Waals surface area (Å²) in [6.45, 7) is 7.53.